The second kappa shape index (κ2) is 7.74. The van der Waals surface area contributed by atoms with Crippen LogP contribution >= 0.6 is 0 Å². The first-order valence-corrected chi connectivity index (χ1v) is 7.96. The van der Waals surface area contributed by atoms with Gasteiger partial charge in [-0.2, -0.15) is 0 Å². The third-order valence-electron chi connectivity index (χ3n) is 3.84. The maximum absolute atomic E-state index is 13.3. The summed E-state index contributed by atoms with van der Waals surface area (Å²) in [5.74, 6) is 1.18. The van der Waals surface area contributed by atoms with E-state index in [1.807, 2.05) is 18.2 Å². The fraction of sp³-hybridized carbons (Fsp3) is 0.278. The van der Waals surface area contributed by atoms with Crippen LogP contribution in [-0.4, -0.2) is 31.5 Å². The molecule has 2 aromatic rings. The second-order valence-electron chi connectivity index (χ2n) is 5.58. The van der Waals surface area contributed by atoms with E-state index in [9.17, 15) is 9.50 Å². The summed E-state index contributed by atoms with van der Waals surface area (Å²) in [7, 11) is 1.67. The van der Waals surface area contributed by atoms with Crippen LogP contribution < -0.4 is 20.1 Å². The van der Waals surface area contributed by atoms with Crippen molar-refractivity contribution < 1.29 is 19.0 Å². The Morgan fingerprint density at radius 3 is 2.72 bits per heavy atom. The van der Waals surface area contributed by atoms with Crippen molar-refractivity contribution in [3.63, 3.8) is 0 Å². The van der Waals surface area contributed by atoms with Gasteiger partial charge in [-0.15, -0.1) is 0 Å². The molecule has 1 heterocycles. The molecular formula is C18H20FN3O3. The first-order valence-electron chi connectivity index (χ1n) is 7.96. The van der Waals surface area contributed by atoms with E-state index in [0.717, 1.165) is 23.5 Å². The fourth-order valence-corrected chi connectivity index (χ4v) is 2.49. The zero-order valence-electron chi connectivity index (χ0n) is 13.9. The van der Waals surface area contributed by atoms with E-state index in [2.05, 4.69) is 15.6 Å². The SMILES string of the molecule is CN=C(NCCc1ccc2c(c1)OCO2)NCc1ccc(O)c(F)c1. The van der Waals surface area contributed by atoms with Crippen molar-refractivity contribution in [2.45, 2.75) is 13.0 Å². The Morgan fingerprint density at radius 2 is 1.92 bits per heavy atom. The number of phenols is 1. The molecule has 3 N–H and O–H groups in total. The summed E-state index contributed by atoms with van der Waals surface area (Å²) >= 11 is 0. The number of aliphatic imine (C=N–C) groups is 1. The molecule has 25 heavy (non-hydrogen) atoms. The van der Waals surface area contributed by atoms with Gasteiger partial charge in [0.15, 0.2) is 29.0 Å². The summed E-state index contributed by atoms with van der Waals surface area (Å²) in [5, 5.41) is 15.5. The maximum atomic E-state index is 13.3. The topological polar surface area (TPSA) is 75.1 Å². The standard InChI is InChI=1S/C18H20FN3O3/c1-20-18(22-10-13-2-4-15(23)14(19)8-13)21-7-6-12-3-5-16-17(9-12)25-11-24-16/h2-5,8-9,23H,6-7,10-11H2,1H3,(H2,20,21,22). The van der Waals surface area contributed by atoms with Gasteiger partial charge in [0.25, 0.3) is 0 Å². The van der Waals surface area contributed by atoms with E-state index in [0.29, 0.717) is 24.6 Å². The number of aromatic hydroxyl groups is 1. The lowest BCUT2D eigenvalue weighted by atomic mass is 10.1. The minimum absolute atomic E-state index is 0.269. The molecule has 3 rings (SSSR count). The molecule has 0 unspecified atom stereocenters. The average Bonchev–Trinajstić information content (AvgIpc) is 3.08. The highest BCUT2D eigenvalue weighted by molar-refractivity contribution is 5.79. The molecule has 0 spiro atoms. The van der Waals surface area contributed by atoms with E-state index in [-0.39, 0.29) is 12.5 Å². The van der Waals surface area contributed by atoms with Gasteiger partial charge in [0.2, 0.25) is 6.79 Å². The molecule has 7 heteroatoms. The van der Waals surface area contributed by atoms with Crippen molar-refractivity contribution in [2.24, 2.45) is 4.99 Å². The summed E-state index contributed by atoms with van der Waals surface area (Å²) in [6.45, 7) is 1.36. The molecule has 2 aromatic carbocycles. The van der Waals surface area contributed by atoms with Crippen molar-refractivity contribution in [3.05, 3.63) is 53.3 Å². The Labute approximate surface area is 145 Å². The summed E-state index contributed by atoms with van der Waals surface area (Å²) in [4.78, 5) is 4.14. The molecule has 0 saturated heterocycles. The van der Waals surface area contributed by atoms with Gasteiger partial charge >= 0.3 is 0 Å². The van der Waals surface area contributed by atoms with E-state index >= 15 is 0 Å². The highest BCUT2D eigenvalue weighted by atomic mass is 19.1. The Balaban J connectivity index is 1.47. The van der Waals surface area contributed by atoms with E-state index in [1.165, 1.54) is 12.1 Å². The molecule has 0 atom stereocenters. The minimum Gasteiger partial charge on any atom is -0.505 e. The number of guanidine groups is 1. The van der Waals surface area contributed by atoms with Crippen molar-refractivity contribution in [2.75, 3.05) is 20.4 Å². The molecule has 132 valence electrons. The van der Waals surface area contributed by atoms with Crippen LogP contribution in [0.2, 0.25) is 0 Å². The zero-order chi connectivity index (χ0) is 17.6. The van der Waals surface area contributed by atoms with Crippen LogP contribution in [0, 0.1) is 5.82 Å². The van der Waals surface area contributed by atoms with Crippen LogP contribution in [0.25, 0.3) is 0 Å². The number of benzene rings is 2. The second-order valence-corrected chi connectivity index (χ2v) is 5.58. The number of hydrogen-bond acceptors (Lipinski definition) is 4. The van der Waals surface area contributed by atoms with E-state index < -0.39 is 5.82 Å². The Kier molecular flexibility index (Phi) is 5.23. The van der Waals surface area contributed by atoms with Crippen molar-refractivity contribution in [1.82, 2.24) is 10.6 Å². The van der Waals surface area contributed by atoms with Crippen LogP contribution in [0.3, 0.4) is 0 Å². The van der Waals surface area contributed by atoms with Gasteiger partial charge in [0.05, 0.1) is 0 Å². The summed E-state index contributed by atoms with van der Waals surface area (Å²) in [6.07, 6.45) is 0.797. The third kappa shape index (κ3) is 4.32. The molecule has 6 nitrogen and oxygen atoms in total. The molecule has 1 aliphatic heterocycles. The van der Waals surface area contributed by atoms with Crippen molar-refractivity contribution in [3.8, 4) is 17.2 Å². The number of fused-ring (bicyclic) bond motifs is 1. The number of halogens is 1. The molecule has 0 fully saturated rings. The fourth-order valence-electron chi connectivity index (χ4n) is 2.49. The van der Waals surface area contributed by atoms with Crippen molar-refractivity contribution >= 4 is 5.96 Å². The van der Waals surface area contributed by atoms with Gasteiger partial charge in [-0.25, -0.2) is 4.39 Å². The van der Waals surface area contributed by atoms with Crippen molar-refractivity contribution in [1.29, 1.82) is 0 Å². The first-order chi connectivity index (χ1) is 12.2. The van der Waals surface area contributed by atoms with Crippen LogP contribution in [0.5, 0.6) is 17.2 Å². The van der Waals surface area contributed by atoms with Gasteiger partial charge in [-0.3, -0.25) is 4.99 Å². The molecule has 0 saturated carbocycles. The molecule has 0 bridgehead atoms. The van der Waals surface area contributed by atoms with Gasteiger partial charge in [0, 0.05) is 20.1 Å². The highest BCUT2D eigenvalue weighted by Gasteiger charge is 2.13. The number of hydrogen-bond donors (Lipinski definition) is 3. The normalized spacial score (nSPS) is 13.0. The largest absolute Gasteiger partial charge is 0.505 e. The molecule has 0 radical (unpaired) electrons. The Hall–Kier alpha value is -2.96. The molecule has 0 amide bonds. The predicted molar refractivity (Wildman–Crippen MR) is 92.5 cm³/mol. The molecule has 1 aliphatic rings. The van der Waals surface area contributed by atoms with Crippen LogP contribution in [-0.2, 0) is 13.0 Å². The van der Waals surface area contributed by atoms with E-state index in [4.69, 9.17) is 9.47 Å². The van der Waals surface area contributed by atoms with Crippen LogP contribution in [0.1, 0.15) is 11.1 Å². The number of nitrogens with one attached hydrogen (secondary N) is 2. The number of ether oxygens (including phenoxy) is 2. The van der Waals surface area contributed by atoms with Crippen LogP contribution in [0.4, 0.5) is 4.39 Å². The first kappa shape index (κ1) is 16.9. The number of phenolic OH excluding ortho intramolecular Hbond substituents is 1. The predicted octanol–water partition coefficient (Wildman–Crippen LogP) is 2.17. The number of rotatable bonds is 5. The third-order valence-corrected chi connectivity index (χ3v) is 3.84. The summed E-state index contributed by atoms with van der Waals surface area (Å²) in [5.41, 5.74) is 1.85. The van der Waals surface area contributed by atoms with E-state index in [1.54, 1.807) is 13.1 Å². The summed E-state index contributed by atoms with van der Waals surface area (Å²) in [6, 6.07) is 10.2. The van der Waals surface area contributed by atoms with Gasteiger partial charge in [-0.1, -0.05) is 12.1 Å². The zero-order valence-corrected chi connectivity index (χ0v) is 13.9. The minimum atomic E-state index is -0.634. The van der Waals surface area contributed by atoms with Gasteiger partial charge in [-0.05, 0) is 41.8 Å². The maximum Gasteiger partial charge on any atom is 0.231 e. The Bertz CT molecular complexity index is 780. The monoisotopic (exact) mass is 345 g/mol. The smallest absolute Gasteiger partial charge is 0.231 e. The highest BCUT2D eigenvalue weighted by Crippen LogP contribution is 2.32. The molecular weight excluding hydrogens is 325 g/mol. The lowest BCUT2D eigenvalue weighted by molar-refractivity contribution is 0.174. The quantitative estimate of drug-likeness (QED) is 0.572. The summed E-state index contributed by atoms with van der Waals surface area (Å²) < 4.78 is 24.0. The molecule has 0 aromatic heterocycles. The Morgan fingerprint density at radius 1 is 1.12 bits per heavy atom. The lowest BCUT2D eigenvalue weighted by Gasteiger charge is -2.12. The average molecular weight is 345 g/mol. The van der Waals surface area contributed by atoms with Crippen LogP contribution in [0.15, 0.2) is 41.4 Å². The lowest BCUT2D eigenvalue weighted by Crippen LogP contribution is -2.37. The number of nitrogens with zero attached hydrogens (tertiary/aromatic N) is 1. The van der Waals surface area contributed by atoms with Gasteiger partial charge < -0.3 is 25.2 Å². The molecule has 0 aliphatic carbocycles. The van der Waals surface area contributed by atoms with Gasteiger partial charge in [0.1, 0.15) is 0 Å².